The lowest BCUT2D eigenvalue weighted by Crippen LogP contribution is -2.39. The molecule has 1 saturated heterocycles. The fourth-order valence-electron chi connectivity index (χ4n) is 3.53. The molecule has 25 heavy (non-hydrogen) atoms. The Labute approximate surface area is 151 Å². The number of anilines is 1. The van der Waals surface area contributed by atoms with Crippen LogP contribution in [0.4, 0.5) is 5.82 Å². The molecule has 3 aromatic heterocycles. The van der Waals surface area contributed by atoms with Gasteiger partial charge in [0.1, 0.15) is 10.6 Å². The van der Waals surface area contributed by atoms with E-state index in [0.29, 0.717) is 5.92 Å². The largest absolute Gasteiger partial charge is 0.356 e. The van der Waals surface area contributed by atoms with Crippen LogP contribution in [-0.4, -0.2) is 34.6 Å². The molecular formula is C19H23N5S. The summed E-state index contributed by atoms with van der Waals surface area (Å²) >= 11 is 1.75. The van der Waals surface area contributed by atoms with Gasteiger partial charge in [0, 0.05) is 35.9 Å². The van der Waals surface area contributed by atoms with Gasteiger partial charge in [-0.25, -0.2) is 9.97 Å². The lowest BCUT2D eigenvalue weighted by Gasteiger charge is -2.33. The number of hydrogen-bond donors (Lipinski definition) is 1. The molecule has 0 spiro atoms. The predicted molar refractivity (Wildman–Crippen MR) is 104 cm³/mol. The first kappa shape index (κ1) is 16.4. The molecule has 3 aromatic rings. The third-order valence-electron chi connectivity index (χ3n) is 5.08. The Morgan fingerprint density at radius 2 is 2.20 bits per heavy atom. The van der Waals surface area contributed by atoms with Crippen molar-refractivity contribution in [2.45, 2.75) is 26.7 Å². The summed E-state index contributed by atoms with van der Waals surface area (Å²) in [4.78, 5) is 18.8. The SMILES string of the molecule is Cc1sc2nc(-c3cccnc3)nc(N3CCCC(CN)C3)c2c1C. The lowest BCUT2D eigenvalue weighted by atomic mass is 9.98. The van der Waals surface area contributed by atoms with E-state index in [1.54, 1.807) is 17.5 Å². The van der Waals surface area contributed by atoms with E-state index < -0.39 is 0 Å². The smallest absolute Gasteiger partial charge is 0.164 e. The van der Waals surface area contributed by atoms with E-state index in [2.05, 4.69) is 23.7 Å². The van der Waals surface area contributed by atoms with Crippen molar-refractivity contribution in [3.8, 4) is 11.4 Å². The molecule has 0 radical (unpaired) electrons. The van der Waals surface area contributed by atoms with Gasteiger partial charge in [-0.2, -0.15) is 0 Å². The molecule has 6 heteroatoms. The fraction of sp³-hybridized carbons (Fsp3) is 0.421. The molecule has 1 aliphatic rings. The van der Waals surface area contributed by atoms with Crippen LogP contribution in [0.3, 0.4) is 0 Å². The summed E-state index contributed by atoms with van der Waals surface area (Å²) in [6.07, 6.45) is 5.98. The molecule has 4 heterocycles. The molecular weight excluding hydrogens is 330 g/mol. The fourth-order valence-corrected chi connectivity index (χ4v) is 4.56. The Bertz CT molecular complexity index is 890. The molecule has 1 fully saturated rings. The zero-order valence-corrected chi connectivity index (χ0v) is 15.5. The average Bonchev–Trinajstić information content (AvgIpc) is 2.96. The number of thiophene rings is 1. The van der Waals surface area contributed by atoms with Crippen LogP contribution in [0.5, 0.6) is 0 Å². The molecule has 5 nitrogen and oxygen atoms in total. The number of fused-ring (bicyclic) bond motifs is 1. The molecule has 0 amide bonds. The highest BCUT2D eigenvalue weighted by molar-refractivity contribution is 7.18. The summed E-state index contributed by atoms with van der Waals surface area (Å²) in [6.45, 7) is 7.08. The van der Waals surface area contributed by atoms with Crippen molar-refractivity contribution >= 4 is 27.4 Å². The minimum Gasteiger partial charge on any atom is -0.356 e. The minimum atomic E-state index is 0.542. The predicted octanol–water partition coefficient (Wildman–Crippen LogP) is 3.55. The van der Waals surface area contributed by atoms with E-state index in [9.17, 15) is 0 Å². The highest BCUT2D eigenvalue weighted by atomic mass is 32.1. The minimum absolute atomic E-state index is 0.542. The number of hydrogen-bond acceptors (Lipinski definition) is 6. The monoisotopic (exact) mass is 353 g/mol. The van der Waals surface area contributed by atoms with Crippen LogP contribution < -0.4 is 10.6 Å². The second-order valence-electron chi connectivity index (χ2n) is 6.77. The van der Waals surface area contributed by atoms with Gasteiger partial charge >= 0.3 is 0 Å². The molecule has 4 rings (SSSR count). The van der Waals surface area contributed by atoms with E-state index >= 15 is 0 Å². The first-order valence-corrected chi connectivity index (χ1v) is 9.62. The highest BCUT2D eigenvalue weighted by Gasteiger charge is 2.24. The van der Waals surface area contributed by atoms with Crippen LogP contribution in [0, 0.1) is 19.8 Å². The van der Waals surface area contributed by atoms with Crippen molar-refractivity contribution in [1.82, 2.24) is 15.0 Å². The number of rotatable bonds is 3. The summed E-state index contributed by atoms with van der Waals surface area (Å²) in [5, 5.41) is 1.20. The zero-order chi connectivity index (χ0) is 17.4. The third-order valence-corrected chi connectivity index (χ3v) is 6.18. The maximum atomic E-state index is 5.95. The van der Waals surface area contributed by atoms with Gasteiger partial charge < -0.3 is 10.6 Å². The van der Waals surface area contributed by atoms with Crippen molar-refractivity contribution in [3.63, 3.8) is 0 Å². The third kappa shape index (κ3) is 3.00. The first-order chi connectivity index (χ1) is 12.2. The zero-order valence-electron chi connectivity index (χ0n) is 14.7. The Balaban J connectivity index is 1.88. The van der Waals surface area contributed by atoms with Gasteiger partial charge in [-0.1, -0.05) is 0 Å². The van der Waals surface area contributed by atoms with Crippen molar-refractivity contribution in [1.29, 1.82) is 0 Å². The number of nitrogens with two attached hydrogens (primary N) is 1. The molecule has 2 N–H and O–H groups in total. The van der Waals surface area contributed by atoms with Crippen LogP contribution in [0.15, 0.2) is 24.5 Å². The molecule has 0 aliphatic carbocycles. The van der Waals surface area contributed by atoms with Crippen LogP contribution in [-0.2, 0) is 0 Å². The van der Waals surface area contributed by atoms with E-state index in [1.165, 1.54) is 22.2 Å². The maximum absolute atomic E-state index is 5.95. The first-order valence-electron chi connectivity index (χ1n) is 8.80. The van der Waals surface area contributed by atoms with Crippen LogP contribution in [0.25, 0.3) is 21.6 Å². The van der Waals surface area contributed by atoms with E-state index in [4.69, 9.17) is 15.7 Å². The molecule has 1 unspecified atom stereocenters. The quantitative estimate of drug-likeness (QED) is 0.780. The van der Waals surface area contributed by atoms with E-state index in [1.807, 2.05) is 18.3 Å². The van der Waals surface area contributed by atoms with Gasteiger partial charge in [0.2, 0.25) is 0 Å². The summed E-state index contributed by atoms with van der Waals surface area (Å²) in [6, 6.07) is 3.95. The Kier molecular flexibility index (Phi) is 4.39. The van der Waals surface area contributed by atoms with Crippen molar-refractivity contribution < 1.29 is 0 Å². The number of piperidine rings is 1. The van der Waals surface area contributed by atoms with Crippen molar-refractivity contribution in [2.75, 3.05) is 24.5 Å². The van der Waals surface area contributed by atoms with Crippen LogP contribution in [0.1, 0.15) is 23.3 Å². The summed E-state index contributed by atoms with van der Waals surface area (Å²) in [7, 11) is 0. The van der Waals surface area contributed by atoms with Gasteiger partial charge in [0.25, 0.3) is 0 Å². The molecule has 0 bridgehead atoms. The number of aryl methyl sites for hydroxylation is 2. The molecule has 1 atom stereocenters. The van der Waals surface area contributed by atoms with Crippen LogP contribution in [0.2, 0.25) is 0 Å². The summed E-state index contributed by atoms with van der Waals surface area (Å²) in [5.74, 6) is 2.36. The molecule has 0 aromatic carbocycles. The van der Waals surface area contributed by atoms with Gasteiger partial charge in [-0.3, -0.25) is 4.98 Å². The Morgan fingerprint density at radius 1 is 1.32 bits per heavy atom. The van der Waals surface area contributed by atoms with Crippen molar-refractivity contribution in [3.05, 3.63) is 35.0 Å². The van der Waals surface area contributed by atoms with Crippen LogP contribution >= 0.6 is 11.3 Å². The normalized spacial score (nSPS) is 18.0. The standard InChI is InChI=1S/C19H23N5S/c1-12-13(2)25-19-16(12)18(24-8-4-5-14(9-20)11-24)22-17(23-19)15-6-3-7-21-10-15/h3,6-7,10,14H,4-5,8-9,11,20H2,1-2H3. The van der Waals surface area contributed by atoms with Gasteiger partial charge in [0.05, 0.1) is 5.39 Å². The maximum Gasteiger partial charge on any atom is 0.164 e. The second kappa shape index (κ2) is 6.69. The summed E-state index contributed by atoms with van der Waals surface area (Å²) < 4.78 is 0. The second-order valence-corrected chi connectivity index (χ2v) is 7.97. The number of pyridine rings is 1. The van der Waals surface area contributed by atoms with E-state index in [-0.39, 0.29) is 0 Å². The Hall–Kier alpha value is -2.05. The van der Waals surface area contributed by atoms with Gasteiger partial charge in [-0.15, -0.1) is 11.3 Å². The van der Waals surface area contributed by atoms with E-state index in [0.717, 1.165) is 48.1 Å². The highest BCUT2D eigenvalue weighted by Crippen LogP contribution is 2.37. The summed E-state index contributed by atoms with van der Waals surface area (Å²) in [5.41, 5.74) is 8.20. The number of aromatic nitrogens is 3. The molecule has 1 aliphatic heterocycles. The molecule has 0 saturated carbocycles. The van der Waals surface area contributed by atoms with Crippen molar-refractivity contribution in [2.24, 2.45) is 11.7 Å². The number of nitrogens with zero attached hydrogens (tertiary/aromatic N) is 4. The van der Waals surface area contributed by atoms with Gasteiger partial charge in [0.15, 0.2) is 5.82 Å². The lowest BCUT2D eigenvalue weighted by molar-refractivity contribution is 0.422. The van der Waals surface area contributed by atoms with Gasteiger partial charge in [-0.05, 0) is 56.8 Å². The average molecular weight is 353 g/mol. The molecule has 130 valence electrons. The Morgan fingerprint density at radius 3 is 2.96 bits per heavy atom. The topological polar surface area (TPSA) is 67.9 Å².